The number of rotatable bonds is 9. The zero-order valence-corrected chi connectivity index (χ0v) is 19.4. The van der Waals surface area contributed by atoms with Crippen molar-refractivity contribution in [3.05, 3.63) is 125 Å². The maximum Gasteiger partial charge on any atom is 0.165 e. The number of benzene rings is 4. The van der Waals surface area contributed by atoms with Gasteiger partial charge in [-0.25, -0.2) is 4.39 Å². The average Bonchev–Trinajstić information content (AvgIpc) is 2.86. The van der Waals surface area contributed by atoms with E-state index in [0.29, 0.717) is 18.3 Å². The Balaban J connectivity index is 1.32. The van der Waals surface area contributed by atoms with Gasteiger partial charge in [0.15, 0.2) is 11.6 Å². The van der Waals surface area contributed by atoms with Gasteiger partial charge in [-0.3, -0.25) is 0 Å². The van der Waals surface area contributed by atoms with Gasteiger partial charge in [0.05, 0.1) is 6.61 Å². The second kappa shape index (κ2) is 11.0. The summed E-state index contributed by atoms with van der Waals surface area (Å²) in [6, 6.07) is 33.3. The first-order valence-electron chi connectivity index (χ1n) is 11.8. The van der Waals surface area contributed by atoms with Crippen molar-refractivity contribution in [2.24, 2.45) is 0 Å². The number of halogens is 1. The van der Waals surface area contributed by atoms with Crippen LogP contribution < -0.4 is 4.74 Å². The minimum Gasteiger partial charge on any atom is -0.491 e. The lowest BCUT2D eigenvalue weighted by molar-refractivity contribution is 0.321. The lowest BCUT2D eigenvalue weighted by Crippen LogP contribution is -1.99. The largest absolute Gasteiger partial charge is 0.491 e. The summed E-state index contributed by atoms with van der Waals surface area (Å²) in [6.07, 6.45) is 3.04. The number of hydrogen-bond acceptors (Lipinski definition) is 1. The van der Waals surface area contributed by atoms with Gasteiger partial charge >= 0.3 is 0 Å². The molecule has 4 rings (SSSR count). The predicted octanol–water partition coefficient (Wildman–Crippen LogP) is 8.02. The minimum atomic E-state index is -0.319. The number of hydrogen-bond donors (Lipinski definition) is 0. The third-order valence-electron chi connectivity index (χ3n) is 6.15. The van der Waals surface area contributed by atoms with E-state index in [1.807, 2.05) is 13.0 Å². The summed E-state index contributed by atoms with van der Waals surface area (Å²) in [7, 11) is 0. The summed E-state index contributed by atoms with van der Waals surface area (Å²) >= 11 is 0. The van der Waals surface area contributed by atoms with Crippen LogP contribution in [0.25, 0.3) is 11.1 Å². The Morgan fingerprint density at radius 1 is 0.697 bits per heavy atom. The van der Waals surface area contributed by atoms with Crippen LogP contribution in [0.2, 0.25) is 0 Å². The van der Waals surface area contributed by atoms with E-state index in [1.54, 1.807) is 12.1 Å². The SMILES string of the molecule is CCOc1ccc(-c2ccc(CCc3ccc(C[C@H](C)c4ccccc4)cc3)cc2)cc1F. The molecular formula is C31H31FO. The fraction of sp³-hybridized carbons (Fsp3) is 0.226. The smallest absolute Gasteiger partial charge is 0.165 e. The van der Waals surface area contributed by atoms with Crippen molar-refractivity contribution < 1.29 is 9.13 Å². The molecule has 0 unspecified atom stereocenters. The number of ether oxygens (including phenoxy) is 1. The monoisotopic (exact) mass is 438 g/mol. The first kappa shape index (κ1) is 22.8. The van der Waals surface area contributed by atoms with Crippen molar-refractivity contribution in [2.45, 2.75) is 39.0 Å². The topological polar surface area (TPSA) is 9.23 Å². The third kappa shape index (κ3) is 6.10. The molecule has 0 spiro atoms. The molecule has 1 nitrogen and oxygen atoms in total. The first-order valence-corrected chi connectivity index (χ1v) is 11.8. The zero-order chi connectivity index (χ0) is 23.0. The van der Waals surface area contributed by atoms with Gasteiger partial charge in [0.25, 0.3) is 0 Å². The summed E-state index contributed by atoms with van der Waals surface area (Å²) in [5.74, 6) is 0.498. The van der Waals surface area contributed by atoms with Crippen molar-refractivity contribution in [3.8, 4) is 16.9 Å². The van der Waals surface area contributed by atoms with Gasteiger partial charge < -0.3 is 4.74 Å². The molecule has 4 aromatic carbocycles. The molecule has 0 saturated heterocycles. The summed E-state index contributed by atoms with van der Waals surface area (Å²) in [4.78, 5) is 0. The molecule has 0 radical (unpaired) electrons. The first-order chi connectivity index (χ1) is 16.1. The lowest BCUT2D eigenvalue weighted by Gasteiger charge is -2.12. The molecule has 0 aliphatic heterocycles. The molecule has 0 heterocycles. The fourth-order valence-corrected chi connectivity index (χ4v) is 4.20. The van der Waals surface area contributed by atoms with Crippen LogP contribution in [-0.4, -0.2) is 6.61 Å². The van der Waals surface area contributed by atoms with E-state index in [0.717, 1.165) is 30.4 Å². The van der Waals surface area contributed by atoms with Gasteiger partial charge in [0.1, 0.15) is 0 Å². The summed E-state index contributed by atoms with van der Waals surface area (Å²) < 4.78 is 19.5. The molecule has 0 aromatic heterocycles. The zero-order valence-electron chi connectivity index (χ0n) is 19.4. The molecule has 0 amide bonds. The van der Waals surface area contributed by atoms with E-state index in [-0.39, 0.29) is 5.82 Å². The van der Waals surface area contributed by atoms with Crippen LogP contribution >= 0.6 is 0 Å². The Kier molecular flexibility index (Phi) is 7.57. The maximum absolute atomic E-state index is 14.2. The Hall–Kier alpha value is -3.39. The number of aryl methyl sites for hydroxylation is 2. The minimum absolute atomic E-state index is 0.304. The summed E-state index contributed by atoms with van der Waals surface area (Å²) in [5, 5.41) is 0. The van der Waals surface area contributed by atoms with Crippen molar-refractivity contribution >= 4 is 0 Å². The highest BCUT2D eigenvalue weighted by atomic mass is 19.1. The second-order valence-electron chi connectivity index (χ2n) is 8.61. The predicted molar refractivity (Wildman–Crippen MR) is 135 cm³/mol. The molecule has 0 bridgehead atoms. The Bertz CT molecular complexity index is 1150. The quantitative estimate of drug-likeness (QED) is 0.257. The molecule has 0 aliphatic carbocycles. The highest BCUT2D eigenvalue weighted by Crippen LogP contribution is 2.26. The van der Waals surface area contributed by atoms with Crippen LogP contribution in [0, 0.1) is 5.82 Å². The third-order valence-corrected chi connectivity index (χ3v) is 6.15. The summed E-state index contributed by atoms with van der Waals surface area (Å²) in [6.45, 7) is 4.60. The molecule has 1 atom stereocenters. The Morgan fingerprint density at radius 3 is 1.88 bits per heavy atom. The van der Waals surface area contributed by atoms with E-state index in [2.05, 4.69) is 85.8 Å². The molecule has 0 aliphatic rings. The molecule has 168 valence electrons. The summed E-state index contributed by atoms with van der Waals surface area (Å²) in [5.41, 5.74) is 7.27. The second-order valence-corrected chi connectivity index (χ2v) is 8.61. The van der Waals surface area contributed by atoms with Crippen molar-refractivity contribution in [2.75, 3.05) is 6.61 Å². The van der Waals surface area contributed by atoms with E-state index in [1.165, 1.54) is 22.3 Å². The Morgan fingerprint density at radius 2 is 1.27 bits per heavy atom. The molecule has 33 heavy (non-hydrogen) atoms. The van der Waals surface area contributed by atoms with Crippen molar-refractivity contribution in [1.82, 2.24) is 0 Å². The van der Waals surface area contributed by atoms with Crippen LogP contribution in [-0.2, 0) is 19.3 Å². The maximum atomic E-state index is 14.2. The molecule has 0 fully saturated rings. The van der Waals surface area contributed by atoms with Gasteiger partial charge in [-0.1, -0.05) is 91.9 Å². The average molecular weight is 439 g/mol. The normalized spacial score (nSPS) is 11.8. The molecule has 2 heteroatoms. The highest BCUT2D eigenvalue weighted by Gasteiger charge is 2.08. The lowest BCUT2D eigenvalue weighted by atomic mass is 9.93. The van der Waals surface area contributed by atoms with E-state index < -0.39 is 0 Å². The van der Waals surface area contributed by atoms with Gasteiger partial charge in [-0.05, 0) is 77.6 Å². The standard InChI is InChI=1S/C31H31FO/c1-3-33-31-20-19-29(22-30(31)32)28-17-15-25(16-18-28)10-9-24-11-13-26(14-12-24)21-23(2)27-7-5-4-6-8-27/h4-8,11-20,22-23H,3,9-10,21H2,1-2H3/t23-/m0/s1. The highest BCUT2D eigenvalue weighted by molar-refractivity contribution is 5.64. The van der Waals surface area contributed by atoms with Gasteiger partial charge in [-0.15, -0.1) is 0 Å². The van der Waals surface area contributed by atoms with E-state index in [4.69, 9.17) is 4.74 Å². The molecular weight excluding hydrogens is 407 g/mol. The van der Waals surface area contributed by atoms with Crippen LogP contribution in [0.5, 0.6) is 5.75 Å². The molecule has 0 N–H and O–H groups in total. The van der Waals surface area contributed by atoms with E-state index >= 15 is 0 Å². The van der Waals surface area contributed by atoms with Crippen LogP contribution in [0.1, 0.15) is 42.0 Å². The van der Waals surface area contributed by atoms with Gasteiger partial charge in [-0.2, -0.15) is 0 Å². The molecule has 0 saturated carbocycles. The van der Waals surface area contributed by atoms with E-state index in [9.17, 15) is 4.39 Å². The van der Waals surface area contributed by atoms with Crippen molar-refractivity contribution in [1.29, 1.82) is 0 Å². The Labute approximate surface area is 196 Å². The van der Waals surface area contributed by atoms with Crippen LogP contribution in [0.15, 0.2) is 97.1 Å². The van der Waals surface area contributed by atoms with Gasteiger partial charge in [0, 0.05) is 0 Å². The van der Waals surface area contributed by atoms with Crippen LogP contribution in [0.4, 0.5) is 4.39 Å². The molecule has 4 aromatic rings. The van der Waals surface area contributed by atoms with Gasteiger partial charge in [0.2, 0.25) is 0 Å². The van der Waals surface area contributed by atoms with Crippen molar-refractivity contribution in [3.63, 3.8) is 0 Å². The van der Waals surface area contributed by atoms with Crippen LogP contribution in [0.3, 0.4) is 0 Å². The fourth-order valence-electron chi connectivity index (χ4n) is 4.20.